The molecular weight excluding hydrogens is 454 g/mol. The van der Waals surface area contributed by atoms with Crippen molar-refractivity contribution < 1.29 is 9.59 Å². The number of amides is 2. The van der Waals surface area contributed by atoms with Gasteiger partial charge in [0.2, 0.25) is 5.91 Å². The van der Waals surface area contributed by atoms with Gasteiger partial charge in [-0.15, -0.1) is 0 Å². The minimum absolute atomic E-state index is 0.0664. The van der Waals surface area contributed by atoms with Crippen LogP contribution in [-0.2, 0) is 17.9 Å². The Morgan fingerprint density at radius 1 is 1.13 bits per heavy atom. The number of halogens is 1. The number of nitrogens with one attached hydrogen (secondary N) is 1. The van der Waals surface area contributed by atoms with Crippen molar-refractivity contribution in [3.8, 4) is 0 Å². The van der Waals surface area contributed by atoms with E-state index in [0.29, 0.717) is 18.8 Å². The summed E-state index contributed by atoms with van der Waals surface area (Å²) in [6.07, 6.45) is 4.32. The number of hydrogen-bond donors (Lipinski definition) is 1. The molecule has 2 aromatic carbocycles. The van der Waals surface area contributed by atoms with Gasteiger partial charge in [-0.1, -0.05) is 65.2 Å². The minimum atomic E-state index is -0.982. The number of fused-ring (bicyclic) bond motifs is 3. The molecule has 1 N–H and O–H groups in total. The van der Waals surface area contributed by atoms with Gasteiger partial charge in [0.25, 0.3) is 5.91 Å². The molecule has 1 aliphatic carbocycles. The van der Waals surface area contributed by atoms with E-state index in [9.17, 15) is 9.59 Å². The Labute approximate surface area is 190 Å². The van der Waals surface area contributed by atoms with Crippen LogP contribution in [0.2, 0.25) is 0 Å². The lowest BCUT2D eigenvalue weighted by Gasteiger charge is -2.44. The van der Waals surface area contributed by atoms with Crippen LogP contribution in [0, 0.1) is 0 Å². The van der Waals surface area contributed by atoms with Crippen LogP contribution < -0.4 is 5.32 Å². The fourth-order valence-corrected chi connectivity index (χ4v) is 5.37. The highest BCUT2D eigenvalue weighted by molar-refractivity contribution is 9.10. The highest BCUT2D eigenvalue weighted by atomic mass is 79.9. The summed E-state index contributed by atoms with van der Waals surface area (Å²) in [4.78, 5) is 29.2. The molecule has 160 valence electrons. The molecule has 0 radical (unpaired) electrons. The lowest BCUT2D eigenvalue weighted by atomic mass is 9.93. The number of para-hydroxylation sites is 1. The average Bonchev–Trinajstić information content (AvgIpc) is 3.40. The third-order valence-corrected chi connectivity index (χ3v) is 7.58. The molecule has 5 nitrogen and oxygen atoms in total. The predicted octanol–water partition coefficient (Wildman–Crippen LogP) is 4.88. The van der Waals surface area contributed by atoms with Crippen molar-refractivity contribution in [2.45, 2.75) is 57.3 Å². The molecule has 1 fully saturated rings. The lowest BCUT2D eigenvalue weighted by Crippen LogP contribution is -2.64. The van der Waals surface area contributed by atoms with Gasteiger partial charge < -0.3 is 14.8 Å². The fourth-order valence-electron chi connectivity index (χ4n) is 4.96. The van der Waals surface area contributed by atoms with Crippen molar-refractivity contribution in [2.24, 2.45) is 0 Å². The van der Waals surface area contributed by atoms with Crippen molar-refractivity contribution in [3.63, 3.8) is 0 Å². The quantitative estimate of drug-likeness (QED) is 0.579. The Morgan fingerprint density at radius 3 is 2.61 bits per heavy atom. The van der Waals surface area contributed by atoms with Gasteiger partial charge in [-0.25, -0.2) is 0 Å². The second kappa shape index (κ2) is 7.83. The highest BCUT2D eigenvalue weighted by Crippen LogP contribution is 2.34. The first-order valence-corrected chi connectivity index (χ1v) is 11.7. The Kier molecular flexibility index (Phi) is 5.13. The zero-order valence-corrected chi connectivity index (χ0v) is 19.2. The number of nitrogens with zero attached hydrogens (tertiary/aromatic N) is 2. The number of hydrogen-bond acceptors (Lipinski definition) is 2. The number of carbonyl (C=O) groups is 2. The van der Waals surface area contributed by atoms with Crippen molar-refractivity contribution in [1.29, 1.82) is 0 Å². The average molecular weight is 480 g/mol. The largest absolute Gasteiger partial charge is 0.351 e. The molecule has 31 heavy (non-hydrogen) atoms. The summed E-state index contributed by atoms with van der Waals surface area (Å²) in [5.74, 6) is -0.175. The smallest absolute Gasteiger partial charge is 0.271 e. The third kappa shape index (κ3) is 3.47. The molecule has 6 heteroatoms. The maximum absolute atomic E-state index is 13.8. The van der Waals surface area contributed by atoms with Gasteiger partial charge in [0.1, 0.15) is 11.2 Å². The van der Waals surface area contributed by atoms with Gasteiger partial charge in [0, 0.05) is 28.0 Å². The van der Waals surface area contributed by atoms with Crippen molar-refractivity contribution >= 4 is 38.6 Å². The Bertz CT molecular complexity index is 1160. The Hall–Kier alpha value is -2.60. The fraction of sp³-hybridized carbons (Fsp3) is 0.360. The van der Waals surface area contributed by atoms with Crippen LogP contribution >= 0.6 is 15.9 Å². The van der Waals surface area contributed by atoms with E-state index in [0.717, 1.165) is 46.6 Å². The highest BCUT2D eigenvalue weighted by Gasteiger charge is 2.48. The molecule has 2 heterocycles. The molecule has 1 unspecified atom stereocenters. The van der Waals surface area contributed by atoms with Gasteiger partial charge >= 0.3 is 0 Å². The minimum Gasteiger partial charge on any atom is -0.351 e. The molecule has 1 saturated carbocycles. The van der Waals surface area contributed by atoms with E-state index in [2.05, 4.69) is 21.2 Å². The summed E-state index contributed by atoms with van der Waals surface area (Å²) in [5.41, 5.74) is 1.63. The topological polar surface area (TPSA) is 54.3 Å². The summed E-state index contributed by atoms with van der Waals surface area (Å²) in [5, 5.41) is 4.27. The summed E-state index contributed by atoms with van der Waals surface area (Å²) < 4.78 is 2.95. The molecule has 1 aliphatic heterocycles. The molecule has 3 aromatic rings. The third-order valence-electron chi connectivity index (χ3n) is 6.80. The molecule has 1 atom stereocenters. The first-order valence-electron chi connectivity index (χ1n) is 10.9. The standard InChI is InChI=1S/C25H26BrN3O2/c1-25(24(31)27-19-10-4-5-11-19)16-28-21-13-7-3-8-17(21)14-22(28)23(30)29(25)15-18-9-2-6-12-20(18)26/h2-3,6-9,12-14,19H,4-5,10-11,15-16H2,1H3,(H,27,31). The van der Waals surface area contributed by atoms with E-state index in [-0.39, 0.29) is 17.9 Å². The summed E-state index contributed by atoms with van der Waals surface area (Å²) in [7, 11) is 0. The van der Waals surface area contributed by atoms with Gasteiger partial charge in [0.05, 0.1) is 6.54 Å². The molecule has 1 aromatic heterocycles. The summed E-state index contributed by atoms with van der Waals surface area (Å²) >= 11 is 3.60. The molecule has 0 bridgehead atoms. The summed E-state index contributed by atoms with van der Waals surface area (Å²) in [6.45, 7) is 2.71. The van der Waals surface area contributed by atoms with E-state index >= 15 is 0 Å². The molecule has 2 aliphatic rings. The number of benzene rings is 2. The van der Waals surface area contributed by atoms with Gasteiger partial charge in [-0.2, -0.15) is 0 Å². The molecule has 0 saturated heterocycles. The monoisotopic (exact) mass is 479 g/mol. The van der Waals surface area contributed by atoms with Gasteiger partial charge in [0.15, 0.2) is 0 Å². The lowest BCUT2D eigenvalue weighted by molar-refractivity contribution is -0.133. The molecule has 2 amide bonds. The van der Waals surface area contributed by atoms with Crippen LogP contribution in [0.3, 0.4) is 0 Å². The first-order chi connectivity index (χ1) is 15.0. The van der Waals surface area contributed by atoms with Crippen LogP contribution in [0.25, 0.3) is 10.9 Å². The van der Waals surface area contributed by atoms with Crippen molar-refractivity contribution in [3.05, 3.63) is 70.3 Å². The maximum atomic E-state index is 13.8. The van der Waals surface area contributed by atoms with Crippen LogP contribution in [0.15, 0.2) is 59.1 Å². The zero-order chi connectivity index (χ0) is 21.6. The SMILES string of the molecule is CC1(C(=O)NC2CCCC2)Cn2c(cc3ccccc32)C(=O)N1Cc1ccccc1Br. The number of aromatic nitrogens is 1. The van der Waals surface area contributed by atoms with Crippen LogP contribution in [0.4, 0.5) is 0 Å². The van der Waals surface area contributed by atoms with E-state index in [4.69, 9.17) is 0 Å². The second-order valence-electron chi connectivity index (χ2n) is 8.89. The van der Waals surface area contributed by atoms with Gasteiger partial charge in [-0.3, -0.25) is 9.59 Å². The Balaban J connectivity index is 1.58. The van der Waals surface area contributed by atoms with Crippen LogP contribution in [-0.4, -0.2) is 32.9 Å². The molecule has 5 rings (SSSR count). The number of rotatable bonds is 4. The van der Waals surface area contributed by atoms with E-state index in [1.54, 1.807) is 4.90 Å². The first kappa shape index (κ1) is 20.3. The predicted molar refractivity (Wildman–Crippen MR) is 125 cm³/mol. The number of carbonyl (C=O) groups excluding carboxylic acids is 2. The maximum Gasteiger partial charge on any atom is 0.271 e. The summed E-state index contributed by atoms with van der Waals surface area (Å²) in [6, 6.07) is 18.0. The zero-order valence-electron chi connectivity index (χ0n) is 17.6. The van der Waals surface area contributed by atoms with E-state index < -0.39 is 5.54 Å². The van der Waals surface area contributed by atoms with Crippen LogP contribution in [0.5, 0.6) is 0 Å². The normalized spacial score (nSPS) is 21.5. The molecule has 0 spiro atoms. The van der Waals surface area contributed by atoms with E-state index in [1.807, 2.05) is 66.1 Å². The second-order valence-corrected chi connectivity index (χ2v) is 9.74. The van der Waals surface area contributed by atoms with E-state index in [1.165, 1.54) is 0 Å². The van der Waals surface area contributed by atoms with Crippen LogP contribution in [0.1, 0.15) is 48.7 Å². The van der Waals surface area contributed by atoms with Crippen molar-refractivity contribution in [2.75, 3.05) is 0 Å². The van der Waals surface area contributed by atoms with Crippen molar-refractivity contribution in [1.82, 2.24) is 14.8 Å². The molecular formula is C25H26BrN3O2. The Morgan fingerprint density at radius 2 is 1.84 bits per heavy atom. The van der Waals surface area contributed by atoms with Gasteiger partial charge in [-0.05, 0) is 43.5 Å².